The normalized spacial score (nSPS) is 48.0. The molecule has 0 unspecified atom stereocenters. The minimum atomic E-state index is -1.52. The molecule has 34 heavy (non-hydrogen) atoms. The van der Waals surface area contributed by atoms with Crippen molar-refractivity contribution in [3.8, 4) is 0 Å². The summed E-state index contributed by atoms with van der Waals surface area (Å²) in [5, 5.41) is 33.8. The Morgan fingerprint density at radius 1 is 1.00 bits per heavy atom. The van der Waals surface area contributed by atoms with Crippen LogP contribution in [0.4, 0.5) is 4.39 Å². The molecule has 12 atom stereocenters. The molecule has 4 nitrogen and oxygen atoms in total. The van der Waals surface area contributed by atoms with Gasteiger partial charge in [-0.3, -0.25) is 4.79 Å². The third-order valence-corrected chi connectivity index (χ3v) is 11.9. The van der Waals surface area contributed by atoms with E-state index in [9.17, 15) is 24.5 Å². The third kappa shape index (κ3) is 3.74. The van der Waals surface area contributed by atoms with Gasteiger partial charge in [0.25, 0.3) is 0 Å². The molecule has 4 rings (SSSR count). The van der Waals surface area contributed by atoms with Crippen LogP contribution >= 0.6 is 0 Å². The van der Waals surface area contributed by atoms with E-state index < -0.39 is 29.4 Å². The summed E-state index contributed by atoms with van der Waals surface area (Å²) in [6, 6.07) is 0. The van der Waals surface area contributed by atoms with Gasteiger partial charge in [-0.25, -0.2) is 4.39 Å². The highest BCUT2D eigenvalue weighted by molar-refractivity contribution is 5.89. The lowest BCUT2D eigenvalue weighted by molar-refractivity contribution is -0.210. The summed E-state index contributed by atoms with van der Waals surface area (Å²) in [5.41, 5.74) is -2.04. The zero-order valence-corrected chi connectivity index (χ0v) is 22.3. The Bertz CT molecular complexity index is 771. The summed E-state index contributed by atoms with van der Waals surface area (Å²) in [5.74, 6) is 1.40. The fraction of sp³-hybridized carbons (Fsp3) is 0.966. The fourth-order valence-corrected chi connectivity index (χ4v) is 9.80. The van der Waals surface area contributed by atoms with E-state index in [4.69, 9.17) is 0 Å². The van der Waals surface area contributed by atoms with Crippen LogP contribution in [-0.4, -0.2) is 45.1 Å². The molecule has 0 spiro atoms. The lowest BCUT2D eigenvalue weighted by Crippen LogP contribution is -2.67. The molecule has 0 aromatic rings. The first-order valence-electron chi connectivity index (χ1n) is 14.1. The molecular formula is C29H49FO4. The summed E-state index contributed by atoms with van der Waals surface area (Å²) < 4.78 is 14.3. The van der Waals surface area contributed by atoms with Crippen LogP contribution in [0.5, 0.6) is 0 Å². The summed E-state index contributed by atoms with van der Waals surface area (Å²) in [4.78, 5) is 13.3. The number of carbonyl (C=O) groups is 1. The van der Waals surface area contributed by atoms with Crippen molar-refractivity contribution >= 4 is 5.78 Å². The van der Waals surface area contributed by atoms with E-state index in [-0.39, 0.29) is 41.3 Å². The van der Waals surface area contributed by atoms with Gasteiger partial charge >= 0.3 is 0 Å². The molecule has 4 saturated carbocycles. The van der Waals surface area contributed by atoms with Crippen molar-refractivity contribution in [1.82, 2.24) is 0 Å². The van der Waals surface area contributed by atoms with E-state index in [0.717, 1.165) is 32.1 Å². The summed E-state index contributed by atoms with van der Waals surface area (Å²) in [6.45, 7) is 12.8. The highest BCUT2D eigenvalue weighted by Gasteiger charge is 2.68. The number of aliphatic hydroxyl groups excluding tert-OH is 2. The van der Waals surface area contributed by atoms with E-state index >= 15 is 0 Å². The van der Waals surface area contributed by atoms with Gasteiger partial charge in [-0.1, -0.05) is 48.0 Å². The average Bonchev–Trinajstić information content (AvgIpc) is 3.12. The Labute approximate surface area is 206 Å². The van der Waals surface area contributed by atoms with Crippen LogP contribution < -0.4 is 0 Å². The highest BCUT2D eigenvalue weighted by atomic mass is 19.1. The number of alkyl halides is 1. The molecule has 0 aliphatic heterocycles. The van der Waals surface area contributed by atoms with Gasteiger partial charge in [0.1, 0.15) is 11.8 Å². The van der Waals surface area contributed by atoms with Crippen LogP contribution in [0.1, 0.15) is 99.3 Å². The molecule has 0 radical (unpaired) electrons. The average molecular weight is 481 g/mol. The Morgan fingerprint density at radius 2 is 1.68 bits per heavy atom. The zero-order chi connectivity index (χ0) is 25.2. The lowest BCUT2D eigenvalue weighted by atomic mass is 9.42. The van der Waals surface area contributed by atoms with Crippen LogP contribution in [0.3, 0.4) is 0 Å². The molecule has 0 saturated heterocycles. The standard InChI is InChI=1S/C29H49FO4/c1-7-19(16(2)3)26(33)25(32)17(4)21-8-9-22-20-14-24(31)29(34)15-18(30)10-13-28(29,6)23(20)11-12-27(21,22)5/h16-23,25-26,32-34H,7-15H2,1-6H3/t17-,18-,19-,20-,21+,22-,23-,25+,26+,27+,28+,29-/m0/s1. The van der Waals surface area contributed by atoms with E-state index in [1.807, 2.05) is 0 Å². The van der Waals surface area contributed by atoms with Gasteiger partial charge in [0.2, 0.25) is 0 Å². The van der Waals surface area contributed by atoms with Gasteiger partial charge < -0.3 is 15.3 Å². The quantitative estimate of drug-likeness (QED) is 0.481. The lowest BCUT2D eigenvalue weighted by Gasteiger charge is -2.63. The Hall–Kier alpha value is -0.520. The number of halogens is 1. The first kappa shape index (κ1) is 26.5. The number of carbonyl (C=O) groups excluding carboxylic acids is 1. The molecule has 0 aromatic heterocycles. The minimum absolute atomic E-state index is 0.0110. The van der Waals surface area contributed by atoms with Crippen molar-refractivity contribution in [3.05, 3.63) is 0 Å². The molecule has 4 aliphatic rings. The Balaban J connectivity index is 1.57. The zero-order valence-electron chi connectivity index (χ0n) is 22.3. The molecule has 196 valence electrons. The van der Waals surface area contributed by atoms with Crippen molar-refractivity contribution in [2.75, 3.05) is 0 Å². The number of hydrogen-bond donors (Lipinski definition) is 3. The highest BCUT2D eigenvalue weighted by Crippen LogP contribution is 2.68. The van der Waals surface area contributed by atoms with Crippen LogP contribution in [0.2, 0.25) is 0 Å². The molecule has 0 bridgehead atoms. The molecule has 4 fully saturated rings. The topological polar surface area (TPSA) is 77.8 Å². The maximum Gasteiger partial charge on any atom is 0.165 e. The fourth-order valence-electron chi connectivity index (χ4n) is 9.80. The molecule has 5 heteroatoms. The summed E-state index contributed by atoms with van der Waals surface area (Å²) in [6.07, 6.45) is 3.64. The van der Waals surface area contributed by atoms with Gasteiger partial charge in [0, 0.05) is 18.3 Å². The number of ketones is 1. The van der Waals surface area contributed by atoms with Crippen molar-refractivity contribution in [1.29, 1.82) is 0 Å². The maximum absolute atomic E-state index is 14.3. The second-order valence-electron chi connectivity index (χ2n) is 13.5. The predicted octanol–water partition coefficient (Wildman–Crippen LogP) is 5.32. The molecule has 3 N–H and O–H groups in total. The third-order valence-electron chi connectivity index (χ3n) is 11.9. The van der Waals surface area contributed by atoms with Gasteiger partial charge in [-0.2, -0.15) is 0 Å². The van der Waals surface area contributed by atoms with Gasteiger partial charge in [-0.05, 0) is 85.4 Å². The number of hydrogen-bond acceptors (Lipinski definition) is 4. The van der Waals surface area contributed by atoms with Crippen LogP contribution in [0.15, 0.2) is 0 Å². The van der Waals surface area contributed by atoms with Crippen molar-refractivity contribution in [2.45, 2.75) is 123 Å². The largest absolute Gasteiger partial charge is 0.390 e. The van der Waals surface area contributed by atoms with Crippen molar-refractivity contribution in [3.63, 3.8) is 0 Å². The maximum atomic E-state index is 14.3. The summed E-state index contributed by atoms with van der Waals surface area (Å²) >= 11 is 0. The SMILES string of the molecule is CC[C@@H](C(C)C)[C@@H](O)[C@H](O)[C@@H](C)[C@H]1CC[C@H]2[C@@H]3CC(=O)[C@@]4(O)C[C@@H](F)CC[C@]4(C)[C@H]3CC[C@]12C. The molecular weight excluding hydrogens is 431 g/mol. The van der Waals surface area contributed by atoms with E-state index in [0.29, 0.717) is 37.0 Å². The van der Waals surface area contributed by atoms with Gasteiger partial charge in [0.05, 0.1) is 12.2 Å². The van der Waals surface area contributed by atoms with Gasteiger partial charge in [0.15, 0.2) is 5.78 Å². The number of Topliss-reactive ketones (excluding diaryl/α,β-unsaturated/α-hetero) is 1. The monoisotopic (exact) mass is 480 g/mol. The molecule has 0 amide bonds. The molecule has 4 aliphatic carbocycles. The van der Waals surface area contributed by atoms with E-state index in [1.165, 1.54) is 0 Å². The minimum Gasteiger partial charge on any atom is -0.390 e. The number of rotatable bonds is 6. The van der Waals surface area contributed by atoms with Crippen LogP contribution in [0.25, 0.3) is 0 Å². The van der Waals surface area contributed by atoms with Gasteiger partial charge in [-0.15, -0.1) is 0 Å². The second-order valence-corrected chi connectivity index (χ2v) is 13.5. The van der Waals surface area contributed by atoms with E-state index in [1.54, 1.807) is 0 Å². The first-order chi connectivity index (χ1) is 15.8. The first-order valence-corrected chi connectivity index (χ1v) is 14.1. The van der Waals surface area contributed by atoms with Crippen LogP contribution in [0, 0.1) is 52.3 Å². The number of aliphatic hydroxyl groups is 3. The summed E-state index contributed by atoms with van der Waals surface area (Å²) in [7, 11) is 0. The van der Waals surface area contributed by atoms with E-state index in [2.05, 4.69) is 41.5 Å². The Morgan fingerprint density at radius 3 is 2.29 bits per heavy atom. The van der Waals surface area contributed by atoms with Crippen LogP contribution in [-0.2, 0) is 4.79 Å². The molecule has 0 heterocycles. The smallest absolute Gasteiger partial charge is 0.165 e. The second kappa shape index (κ2) is 9.10. The Kier molecular flexibility index (Phi) is 7.10. The van der Waals surface area contributed by atoms with Crippen molar-refractivity contribution in [2.24, 2.45) is 52.3 Å². The number of fused-ring (bicyclic) bond motifs is 5. The molecule has 0 aromatic carbocycles. The van der Waals surface area contributed by atoms with Crippen molar-refractivity contribution < 1.29 is 24.5 Å². The predicted molar refractivity (Wildman–Crippen MR) is 132 cm³/mol.